The summed E-state index contributed by atoms with van der Waals surface area (Å²) in [6, 6.07) is 7.88. The Hall–Kier alpha value is -0.880. The molecule has 0 spiro atoms. The fraction of sp³-hybridized carbons (Fsp3) is 0.562. The number of para-hydroxylation sites is 1. The van der Waals surface area contributed by atoms with Crippen molar-refractivity contribution < 1.29 is 4.74 Å². The van der Waals surface area contributed by atoms with Gasteiger partial charge in [-0.1, -0.05) is 12.1 Å². The number of nitrogens with zero attached hydrogens (tertiary/aromatic N) is 1. The number of rotatable bonds is 9. The Morgan fingerprint density at radius 3 is 2.77 bits per heavy atom. The summed E-state index contributed by atoms with van der Waals surface area (Å²) >= 11 is 5.38. The van der Waals surface area contributed by atoms with E-state index in [1.165, 1.54) is 12.2 Å². The molecule has 0 fully saturated rings. The molecule has 1 unspecified atom stereocenters. The number of unbranched alkanes of at least 4 members (excludes halogenated alkanes) is 1. The van der Waals surface area contributed by atoms with E-state index in [-0.39, 0.29) is 6.10 Å². The fourth-order valence-electron chi connectivity index (χ4n) is 1.84. The van der Waals surface area contributed by atoms with Crippen LogP contribution in [-0.4, -0.2) is 44.2 Å². The summed E-state index contributed by atoms with van der Waals surface area (Å²) in [4.78, 5) is 4.23. The fourth-order valence-corrected chi connectivity index (χ4v) is 2.71. The molecule has 0 amide bonds. The van der Waals surface area contributed by atoms with Crippen molar-refractivity contribution in [2.45, 2.75) is 25.9 Å². The number of guanidine groups is 1. The van der Waals surface area contributed by atoms with Gasteiger partial charge in [0.25, 0.3) is 0 Å². The third kappa shape index (κ3) is 7.94. The molecule has 4 nitrogen and oxygen atoms in total. The smallest absolute Gasteiger partial charge is 0.191 e. The van der Waals surface area contributed by atoms with E-state index < -0.39 is 0 Å². The van der Waals surface area contributed by atoms with Crippen molar-refractivity contribution in [3.63, 3.8) is 0 Å². The normalized spacial score (nSPS) is 12.8. The molecule has 0 aliphatic heterocycles. The third-order valence-corrected chi connectivity index (χ3v) is 4.37. The summed E-state index contributed by atoms with van der Waals surface area (Å²) in [6.45, 7) is 3.68. The largest absolute Gasteiger partial charge is 0.488 e. The molecular weight excluding hydrogens is 362 g/mol. The van der Waals surface area contributed by atoms with Crippen LogP contribution in [0.25, 0.3) is 0 Å². The summed E-state index contributed by atoms with van der Waals surface area (Å²) in [7, 11) is 1.79. The van der Waals surface area contributed by atoms with E-state index in [2.05, 4.69) is 37.8 Å². The van der Waals surface area contributed by atoms with Crippen molar-refractivity contribution in [1.82, 2.24) is 10.6 Å². The number of ether oxygens (including phenoxy) is 1. The zero-order chi connectivity index (χ0) is 16.2. The molecule has 0 aromatic heterocycles. The number of hydrogen-bond acceptors (Lipinski definition) is 3. The molecule has 2 N–H and O–H groups in total. The second kappa shape index (κ2) is 11.7. The van der Waals surface area contributed by atoms with Crippen molar-refractivity contribution >= 4 is 33.7 Å². The first-order chi connectivity index (χ1) is 10.7. The van der Waals surface area contributed by atoms with Crippen LogP contribution in [0.4, 0.5) is 0 Å². The maximum atomic E-state index is 5.90. The molecule has 0 radical (unpaired) electrons. The Balaban J connectivity index is 2.26. The lowest BCUT2D eigenvalue weighted by Crippen LogP contribution is -2.42. The molecule has 0 heterocycles. The molecule has 1 aromatic carbocycles. The van der Waals surface area contributed by atoms with Crippen molar-refractivity contribution in [2.24, 2.45) is 4.99 Å². The second-order valence-corrected chi connectivity index (χ2v) is 6.78. The predicted octanol–water partition coefficient (Wildman–Crippen LogP) is 3.52. The predicted molar refractivity (Wildman–Crippen MR) is 101 cm³/mol. The van der Waals surface area contributed by atoms with Crippen molar-refractivity contribution in [1.29, 1.82) is 0 Å². The molecule has 0 aliphatic rings. The highest BCUT2D eigenvalue weighted by molar-refractivity contribution is 9.10. The van der Waals surface area contributed by atoms with E-state index in [1.54, 1.807) is 7.05 Å². The molecule has 1 aromatic rings. The van der Waals surface area contributed by atoms with Crippen LogP contribution in [0.1, 0.15) is 19.8 Å². The average Bonchev–Trinajstić information content (AvgIpc) is 2.52. The molecule has 0 aliphatic carbocycles. The van der Waals surface area contributed by atoms with Gasteiger partial charge in [-0.05, 0) is 59.8 Å². The third-order valence-electron chi connectivity index (χ3n) is 3.01. The highest BCUT2D eigenvalue weighted by atomic mass is 79.9. The first-order valence-corrected chi connectivity index (χ1v) is 9.70. The van der Waals surface area contributed by atoms with E-state index in [0.29, 0.717) is 6.54 Å². The van der Waals surface area contributed by atoms with E-state index >= 15 is 0 Å². The molecule has 22 heavy (non-hydrogen) atoms. The number of aliphatic imine (C=N–C) groups is 1. The second-order valence-electron chi connectivity index (χ2n) is 4.94. The highest BCUT2D eigenvalue weighted by Crippen LogP contribution is 2.24. The summed E-state index contributed by atoms with van der Waals surface area (Å²) in [5, 5.41) is 6.62. The van der Waals surface area contributed by atoms with E-state index in [9.17, 15) is 0 Å². The maximum Gasteiger partial charge on any atom is 0.191 e. The van der Waals surface area contributed by atoms with Crippen LogP contribution in [0.2, 0.25) is 0 Å². The minimum atomic E-state index is 0.0498. The van der Waals surface area contributed by atoms with Crippen LogP contribution in [0.5, 0.6) is 5.75 Å². The Morgan fingerprint density at radius 1 is 1.32 bits per heavy atom. The summed E-state index contributed by atoms with van der Waals surface area (Å²) in [5.41, 5.74) is 0. The first-order valence-electron chi connectivity index (χ1n) is 7.52. The van der Waals surface area contributed by atoms with Gasteiger partial charge in [0.15, 0.2) is 5.96 Å². The van der Waals surface area contributed by atoms with Gasteiger partial charge in [-0.2, -0.15) is 11.8 Å². The first kappa shape index (κ1) is 19.2. The van der Waals surface area contributed by atoms with Gasteiger partial charge in [0.2, 0.25) is 0 Å². The van der Waals surface area contributed by atoms with Crippen molar-refractivity contribution in [2.75, 3.05) is 32.1 Å². The summed E-state index contributed by atoms with van der Waals surface area (Å²) in [5.74, 6) is 2.90. The zero-order valence-corrected chi connectivity index (χ0v) is 16.0. The van der Waals surface area contributed by atoms with Crippen LogP contribution in [0, 0.1) is 0 Å². The summed E-state index contributed by atoms with van der Waals surface area (Å²) < 4.78 is 6.87. The molecule has 124 valence electrons. The molecule has 0 saturated heterocycles. The van der Waals surface area contributed by atoms with Gasteiger partial charge in [-0.25, -0.2) is 0 Å². The van der Waals surface area contributed by atoms with Gasteiger partial charge in [0.05, 0.1) is 11.0 Å². The van der Waals surface area contributed by atoms with E-state index in [4.69, 9.17) is 4.74 Å². The molecule has 1 rings (SSSR count). The molecular formula is C16H26BrN3OS. The van der Waals surface area contributed by atoms with Crippen LogP contribution >= 0.6 is 27.7 Å². The standard InChI is InChI=1S/C16H26BrN3OS/c1-13(21-15-9-5-4-8-14(15)17)12-20-16(18-2)19-10-6-7-11-22-3/h4-5,8-9,13H,6-7,10-12H2,1-3H3,(H2,18,19,20). The Kier molecular flexibility index (Phi) is 10.2. The van der Waals surface area contributed by atoms with Crippen LogP contribution in [-0.2, 0) is 0 Å². The number of hydrogen-bond donors (Lipinski definition) is 2. The minimum Gasteiger partial charge on any atom is -0.488 e. The van der Waals surface area contributed by atoms with Gasteiger partial charge in [0.1, 0.15) is 11.9 Å². The Labute approximate surface area is 146 Å². The van der Waals surface area contributed by atoms with Gasteiger partial charge >= 0.3 is 0 Å². The lowest BCUT2D eigenvalue weighted by molar-refractivity contribution is 0.222. The van der Waals surface area contributed by atoms with E-state index in [1.807, 2.05) is 43.0 Å². The highest BCUT2D eigenvalue weighted by Gasteiger charge is 2.07. The number of nitrogens with one attached hydrogen (secondary N) is 2. The molecule has 0 bridgehead atoms. The van der Waals surface area contributed by atoms with Gasteiger partial charge in [-0.3, -0.25) is 4.99 Å². The Bertz CT molecular complexity index is 457. The topological polar surface area (TPSA) is 45.7 Å². The van der Waals surface area contributed by atoms with Crippen LogP contribution in [0.15, 0.2) is 33.7 Å². The van der Waals surface area contributed by atoms with Gasteiger partial charge in [-0.15, -0.1) is 0 Å². The monoisotopic (exact) mass is 387 g/mol. The number of halogens is 1. The maximum absolute atomic E-state index is 5.90. The number of benzene rings is 1. The van der Waals surface area contributed by atoms with Crippen molar-refractivity contribution in [3.05, 3.63) is 28.7 Å². The Morgan fingerprint density at radius 2 is 2.09 bits per heavy atom. The molecule has 1 atom stereocenters. The minimum absolute atomic E-state index is 0.0498. The average molecular weight is 388 g/mol. The molecule has 0 saturated carbocycles. The molecule has 6 heteroatoms. The summed E-state index contributed by atoms with van der Waals surface area (Å²) in [6.07, 6.45) is 4.58. The van der Waals surface area contributed by atoms with E-state index in [0.717, 1.165) is 29.1 Å². The van der Waals surface area contributed by atoms with Crippen molar-refractivity contribution in [3.8, 4) is 5.75 Å². The number of thioether (sulfide) groups is 1. The lowest BCUT2D eigenvalue weighted by Gasteiger charge is -2.18. The van der Waals surface area contributed by atoms with Crippen LogP contribution in [0.3, 0.4) is 0 Å². The quantitative estimate of drug-likeness (QED) is 0.386. The zero-order valence-electron chi connectivity index (χ0n) is 13.6. The SMILES string of the molecule is CN=C(NCCCCSC)NCC(C)Oc1ccccc1Br. The van der Waals surface area contributed by atoms with Gasteiger partial charge < -0.3 is 15.4 Å². The van der Waals surface area contributed by atoms with Crippen LogP contribution < -0.4 is 15.4 Å². The van der Waals surface area contributed by atoms with Gasteiger partial charge in [0, 0.05) is 13.6 Å². The lowest BCUT2D eigenvalue weighted by atomic mass is 10.3.